The number of nitrogens with zero attached hydrogens (tertiary/aromatic N) is 2. The van der Waals surface area contributed by atoms with Crippen molar-refractivity contribution in [2.24, 2.45) is 5.92 Å². The van der Waals surface area contributed by atoms with E-state index in [4.69, 9.17) is 0 Å². The highest BCUT2D eigenvalue weighted by molar-refractivity contribution is 8.01. The number of thioether (sulfide) groups is 1. The van der Waals surface area contributed by atoms with Crippen LogP contribution in [0, 0.1) is 5.92 Å². The number of amides is 1. The van der Waals surface area contributed by atoms with Gasteiger partial charge in [0.15, 0.2) is 10.1 Å². The Balaban J connectivity index is 1.87. The summed E-state index contributed by atoms with van der Waals surface area (Å²) >= 11 is 2.86. The third-order valence-corrected chi connectivity index (χ3v) is 5.56. The SMILES string of the molecule is CC(=O)N[C@@H](C)c1ccc(C(=O)CSc2nnc(NCC(C)C)s2)cc1. The second kappa shape index (κ2) is 9.68. The molecule has 6 nitrogen and oxygen atoms in total. The van der Waals surface area contributed by atoms with E-state index in [0.29, 0.717) is 17.2 Å². The minimum atomic E-state index is -0.0795. The molecule has 0 unspecified atom stereocenters. The van der Waals surface area contributed by atoms with E-state index >= 15 is 0 Å². The van der Waals surface area contributed by atoms with Gasteiger partial charge in [-0.05, 0) is 18.4 Å². The third-order valence-electron chi connectivity index (χ3n) is 3.55. The molecule has 0 aliphatic rings. The van der Waals surface area contributed by atoms with Gasteiger partial charge in [-0.3, -0.25) is 9.59 Å². The molecule has 0 bridgehead atoms. The van der Waals surface area contributed by atoms with Crippen LogP contribution in [0.4, 0.5) is 5.13 Å². The van der Waals surface area contributed by atoms with Crippen LogP contribution in [0.15, 0.2) is 28.6 Å². The highest BCUT2D eigenvalue weighted by atomic mass is 32.2. The van der Waals surface area contributed by atoms with Crippen molar-refractivity contribution in [3.8, 4) is 0 Å². The topological polar surface area (TPSA) is 84.0 Å². The van der Waals surface area contributed by atoms with Gasteiger partial charge in [0.25, 0.3) is 0 Å². The lowest BCUT2D eigenvalue weighted by Crippen LogP contribution is -2.23. The maximum Gasteiger partial charge on any atom is 0.217 e. The van der Waals surface area contributed by atoms with Crippen molar-refractivity contribution in [2.45, 2.75) is 38.1 Å². The Morgan fingerprint density at radius 2 is 1.85 bits per heavy atom. The molecule has 0 spiro atoms. The van der Waals surface area contributed by atoms with E-state index in [1.54, 1.807) is 12.1 Å². The van der Waals surface area contributed by atoms with Gasteiger partial charge in [-0.15, -0.1) is 10.2 Å². The molecule has 1 aromatic heterocycles. The minimum absolute atomic E-state index is 0.0422. The van der Waals surface area contributed by atoms with E-state index in [2.05, 4.69) is 34.7 Å². The summed E-state index contributed by atoms with van der Waals surface area (Å²) in [4.78, 5) is 23.5. The number of carbonyl (C=O) groups excluding carboxylic acids is 2. The van der Waals surface area contributed by atoms with Gasteiger partial charge in [0, 0.05) is 19.0 Å². The van der Waals surface area contributed by atoms with Crippen molar-refractivity contribution in [3.63, 3.8) is 0 Å². The van der Waals surface area contributed by atoms with Gasteiger partial charge in [-0.2, -0.15) is 0 Å². The molecule has 2 aromatic rings. The number of hydrogen-bond acceptors (Lipinski definition) is 7. The van der Waals surface area contributed by atoms with Gasteiger partial charge in [0.2, 0.25) is 11.0 Å². The monoisotopic (exact) mass is 392 g/mol. The average molecular weight is 393 g/mol. The van der Waals surface area contributed by atoms with Crippen LogP contribution >= 0.6 is 23.1 Å². The number of aromatic nitrogens is 2. The molecule has 0 aliphatic heterocycles. The zero-order valence-electron chi connectivity index (χ0n) is 15.4. The fourth-order valence-corrected chi connectivity index (χ4v) is 3.84. The number of ketones is 1. The van der Waals surface area contributed by atoms with E-state index in [1.165, 1.54) is 30.0 Å². The van der Waals surface area contributed by atoms with E-state index in [1.807, 2.05) is 19.1 Å². The van der Waals surface area contributed by atoms with Crippen molar-refractivity contribution in [2.75, 3.05) is 17.6 Å². The van der Waals surface area contributed by atoms with E-state index in [0.717, 1.165) is 21.6 Å². The number of Topliss-reactive ketones (excluding diaryl/α,β-unsaturated/α-hetero) is 1. The molecule has 1 aromatic carbocycles. The first-order valence-corrected chi connectivity index (χ1v) is 10.3. The Morgan fingerprint density at radius 3 is 2.46 bits per heavy atom. The predicted molar refractivity (Wildman–Crippen MR) is 107 cm³/mol. The largest absolute Gasteiger partial charge is 0.360 e. The Labute approximate surface area is 162 Å². The van der Waals surface area contributed by atoms with Crippen LogP contribution in [0.2, 0.25) is 0 Å². The van der Waals surface area contributed by atoms with Crippen LogP contribution in [0.3, 0.4) is 0 Å². The molecule has 0 radical (unpaired) electrons. The molecule has 0 saturated heterocycles. The first kappa shape index (κ1) is 20.4. The fraction of sp³-hybridized carbons (Fsp3) is 0.444. The fourth-order valence-electron chi connectivity index (χ4n) is 2.19. The lowest BCUT2D eigenvalue weighted by molar-refractivity contribution is -0.119. The van der Waals surface area contributed by atoms with Crippen molar-refractivity contribution in [1.29, 1.82) is 0 Å². The van der Waals surface area contributed by atoms with Gasteiger partial charge in [0.1, 0.15) is 0 Å². The molecular formula is C18H24N4O2S2. The Morgan fingerprint density at radius 1 is 1.15 bits per heavy atom. The van der Waals surface area contributed by atoms with E-state index in [9.17, 15) is 9.59 Å². The molecule has 140 valence electrons. The smallest absolute Gasteiger partial charge is 0.217 e. The number of carbonyl (C=O) groups is 2. The standard InChI is InChI=1S/C18H24N4O2S2/c1-11(2)9-19-17-21-22-18(26-17)25-10-16(24)15-7-5-14(6-8-15)12(3)20-13(4)23/h5-8,11-12H,9-10H2,1-4H3,(H,19,21)(H,20,23)/t12-/m0/s1. The zero-order valence-corrected chi connectivity index (χ0v) is 17.0. The van der Waals surface area contributed by atoms with Gasteiger partial charge in [0.05, 0.1) is 11.8 Å². The van der Waals surface area contributed by atoms with E-state index in [-0.39, 0.29) is 17.7 Å². The Kier molecular flexibility index (Phi) is 7.59. The summed E-state index contributed by atoms with van der Waals surface area (Å²) in [7, 11) is 0. The molecule has 0 fully saturated rings. The summed E-state index contributed by atoms with van der Waals surface area (Å²) in [5.74, 6) is 0.821. The van der Waals surface area contributed by atoms with Crippen LogP contribution in [0.25, 0.3) is 0 Å². The van der Waals surface area contributed by atoms with E-state index < -0.39 is 0 Å². The number of rotatable bonds is 9. The molecule has 0 saturated carbocycles. The third kappa shape index (κ3) is 6.42. The summed E-state index contributed by atoms with van der Waals surface area (Å²) < 4.78 is 0.778. The van der Waals surface area contributed by atoms with Crippen molar-refractivity contribution in [1.82, 2.24) is 15.5 Å². The molecular weight excluding hydrogens is 368 g/mol. The van der Waals surface area contributed by atoms with Crippen LogP contribution < -0.4 is 10.6 Å². The number of nitrogens with one attached hydrogen (secondary N) is 2. The lowest BCUT2D eigenvalue weighted by atomic mass is 10.0. The Bertz CT molecular complexity index is 744. The van der Waals surface area contributed by atoms with Crippen molar-refractivity contribution in [3.05, 3.63) is 35.4 Å². The molecule has 2 rings (SSSR count). The highest BCUT2D eigenvalue weighted by Crippen LogP contribution is 2.26. The molecule has 2 N–H and O–H groups in total. The Hall–Kier alpha value is -1.93. The van der Waals surface area contributed by atoms with Crippen molar-refractivity contribution >= 4 is 39.9 Å². The van der Waals surface area contributed by atoms with Crippen LogP contribution in [-0.4, -0.2) is 34.2 Å². The minimum Gasteiger partial charge on any atom is -0.360 e. The number of anilines is 1. The second-order valence-electron chi connectivity index (χ2n) is 6.40. The van der Waals surface area contributed by atoms with Gasteiger partial charge < -0.3 is 10.6 Å². The van der Waals surface area contributed by atoms with Gasteiger partial charge in [-0.1, -0.05) is 61.2 Å². The number of benzene rings is 1. The molecule has 0 aliphatic carbocycles. The second-order valence-corrected chi connectivity index (χ2v) is 8.60. The van der Waals surface area contributed by atoms with Gasteiger partial charge >= 0.3 is 0 Å². The van der Waals surface area contributed by atoms with Gasteiger partial charge in [-0.25, -0.2) is 0 Å². The van der Waals surface area contributed by atoms with Crippen molar-refractivity contribution < 1.29 is 9.59 Å². The lowest BCUT2D eigenvalue weighted by Gasteiger charge is -2.13. The summed E-state index contributed by atoms with van der Waals surface area (Å²) in [6, 6.07) is 7.26. The molecule has 26 heavy (non-hydrogen) atoms. The first-order valence-electron chi connectivity index (χ1n) is 8.45. The normalized spacial score (nSPS) is 12.0. The molecule has 1 atom stereocenters. The maximum absolute atomic E-state index is 12.3. The van der Waals surface area contributed by atoms with Crippen LogP contribution in [0.1, 0.15) is 49.7 Å². The quantitative estimate of drug-likeness (QED) is 0.499. The van der Waals surface area contributed by atoms with Crippen LogP contribution in [-0.2, 0) is 4.79 Å². The predicted octanol–water partition coefficient (Wildman–Crippen LogP) is 3.78. The number of hydrogen-bond donors (Lipinski definition) is 2. The molecule has 8 heteroatoms. The highest BCUT2D eigenvalue weighted by Gasteiger charge is 2.12. The maximum atomic E-state index is 12.3. The first-order chi connectivity index (χ1) is 12.3. The zero-order chi connectivity index (χ0) is 19.1. The summed E-state index contributed by atoms with van der Waals surface area (Å²) in [6.45, 7) is 8.51. The summed E-state index contributed by atoms with van der Waals surface area (Å²) in [5.41, 5.74) is 1.62. The average Bonchev–Trinajstić information content (AvgIpc) is 3.05. The van der Waals surface area contributed by atoms with Crippen LogP contribution in [0.5, 0.6) is 0 Å². The summed E-state index contributed by atoms with van der Waals surface area (Å²) in [5, 5.41) is 15.0. The molecule has 1 heterocycles. The molecule has 1 amide bonds. The summed E-state index contributed by atoms with van der Waals surface area (Å²) in [6.07, 6.45) is 0.